The average Bonchev–Trinajstić information content (AvgIpc) is 2.81. The van der Waals surface area contributed by atoms with Crippen LogP contribution >= 0.6 is 0 Å². The van der Waals surface area contributed by atoms with Crippen LogP contribution in [0.25, 0.3) is 22.3 Å². The van der Waals surface area contributed by atoms with Crippen LogP contribution in [-0.4, -0.2) is 0 Å². The molecular formula is C31H28. The van der Waals surface area contributed by atoms with E-state index in [1.807, 2.05) is 42.5 Å². The average molecular weight is 401 g/mol. The first-order chi connectivity index (χ1) is 15.0. The maximum atomic E-state index is 4.42. The van der Waals surface area contributed by atoms with Gasteiger partial charge in [-0.2, -0.15) is 0 Å². The molecule has 152 valence electrons. The molecule has 31 heavy (non-hydrogen) atoms. The van der Waals surface area contributed by atoms with E-state index in [-0.39, 0.29) is 0 Å². The second kappa shape index (κ2) is 10.2. The summed E-state index contributed by atoms with van der Waals surface area (Å²) in [6.45, 7) is 18.7. The summed E-state index contributed by atoms with van der Waals surface area (Å²) >= 11 is 0. The van der Waals surface area contributed by atoms with Gasteiger partial charge in [0.1, 0.15) is 0 Å². The third kappa shape index (κ3) is 5.18. The van der Waals surface area contributed by atoms with Gasteiger partial charge >= 0.3 is 0 Å². The van der Waals surface area contributed by atoms with Crippen molar-refractivity contribution in [1.82, 2.24) is 0 Å². The number of allylic oxidation sites excluding steroid dienone is 8. The van der Waals surface area contributed by atoms with Gasteiger partial charge < -0.3 is 0 Å². The van der Waals surface area contributed by atoms with Crippen molar-refractivity contribution < 1.29 is 0 Å². The smallest absolute Gasteiger partial charge is 0.00329 e. The second-order valence-electron chi connectivity index (χ2n) is 7.41. The zero-order valence-electron chi connectivity index (χ0n) is 18.1. The molecule has 0 heterocycles. The molecule has 0 saturated carbocycles. The lowest BCUT2D eigenvalue weighted by atomic mass is 9.85. The first-order valence-electron chi connectivity index (χ1n) is 10.3. The van der Waals surface area contributed by atoms with Crippen LogP contribution in [0.2, 0.25) is 0 Å². The lowest BCUT2D eigenvalue weighted by Gasteiger charge is -2.19. The highest BCUT2D eigenvalue weighted by atomic mass is 14.2. The Morgan fingerprint density at radius 1 is 0.742 bits per heavy atom. The predicted octanol–water partition coefficient (Wildman–Crippen LogP) is 8.61. The van der Waals surface area contributed by atoms with Crippen molar-refractivity contribution in [1.29, 1.82) is 0 Å². The lowest BCUT2D eigenvalue weighted by Crippen LogP contribution is -1.97. The highest BCUT2D eigenvalue weighted by molar-refractivity contribution is 6.04. The highest BCUT2D eigenvalue weighted by Gasteiger charge is 2.15. The van der Waals surface area contributed by atoms with Crippen molar-refractivity contribution >= 4 is 11.1 Å². The number of hydrogen-bond donors (Lipinski definition) is 0. The van der Waals surface area contributed by atoms with Gasteiger partial charge in [0.15, 0.2) is 0 Å². The van der Waals surface area contributed by atoms with Crippen LogP contribution in [0.15, 0.2) is 141 Å². The molecule has 0 unspecified atom stereocenters. The number of benzene rings is 3. The van der Waals surface area contributed by atoms with E-state index >= 15 is 0 Å². The van der Waals surface area contributed by atoms with Crippen molar-refractivity contribution in [3.8, 4) is 11.1 Å². The van der Waals surface area contributed by atoms with Gasteiger partial charge in [0.25, 0.3) is 0 Å². The van der Waals surface area contributed by atoms with Gasteiger partial charge in [-0.3, -0.25) is 0 Å². The van der Waals surface area contributed by atoms with Crippen molar-refractivity contribution in [3.05, 3.63) is 157 Å². The SMILES string of the molecule is C=C/C=C\C(=C)C(=C)/C(=C(\C=C)c1ccccc1)c1cc(C)cc(-c2ccccc2)c1. The minimum absolute atomic E-state index is 0.841. The molecule has 0 fully saturated rings. The summed E-state index contributed by atoms with van der Waals surface area (Å²) in [7, 11) is 0. The maximum absolute atomic E-state index is 4.42. The molecule has 0 aliphatic rings. The number of hydrogen-bond acceptors (Lipinski definition) is 0. The quantitative estimate of drug-likeness (QED) is 0.262. The molecule has 0 aliphatic carbocycles. The third-order valence-corrected chi connectivity index (χ3v) is 5.15. The van der Waals surface area contributed by atoms with E-state index < -0.39 is 0 Å². The molecule has 0 saturated heterocycles. The summed E-state index contributed by atoms with van der Waals surface area (Å²) in [5, 5.41) is 0. The molecular weight excluding hydrogens is 372 g/mol. The Morgan fingerprint density at radius 2 is 1.39 bits per heavy atom. The third-order valence-electron chi connectivity index (χ3n) is 5.15. The van der Waals surface area contributed by atoms with Crippen LogP contribution in [0.5, 0.6) is 0 Å². The Balaban J connectivity index is 2.28. The van der Waals surface area contributed by atoms with Crippen LogP contribution < -0.4 is 0 Å². The van der Waals surface area contributed by atoms with E-state index in [1.165, 1.54) is 16.7 Å². The summed E-state index contributed by atoms with van der Waals surface area (Å²) in [5.41, 5.74) is 9.49. The molecule has 0 heteroatoms. The summed E-state index contributed by atoms with van der Waals surface area (Å²) in [5.74, 6) is 0. The zero-order valence-corrected chi connectivity index (χ0v) is 18.1. The molecule has 3 aromatic rings. The van der Waals surface area contributed by atoms with E-state index in [1.54, 1.807) is 6.08 Å². The van der Waals surface area contributed by atoms with Crippen molar-refractivity contribution in [3.63, 3.8) is 0 Å². The molecule has 0 N–H and O–H groups in total. The number of aryl methyl sites for hydroxylation is 1. The summed E-state index contributed by atoms with van der Waals surface area (Å²) in [6, 6.07) is 27.4. The van der Waals surface area contributed by atoms with E-state index in [4.69, 9.17) is 0 Å². The van der Waals surface area contributed by atoms with Crippen molar-refractivity contribution in [2.45, 2.75) is 6.92 Å². The maximum Gasteiger partial charge on any atom is -0.00329 e. The molecule has 3 aromatic carbocycles. The van der Waals surface area contributed by atoms with Gasteiger partial charge in [0.05, 0.1) is 0 Å². The Labute approximate surface area is 186 Å². The minimum atomic E-state index is 0.841. The molecule has 0 radical (unpaired) electrons. The fourth-order valence-electron chi connectivity index (χ4n) is 3.64. The van der Waals surface area contributed by atoms with E-state index in [2.05, 4.69) is 87.8 Å². The molecule has 0 bridgehead atoms. The van der Waals surface area contributed by atoms with Crippen molar-refractivity contribution in [2.24, 2.45) is 0 Å². The van der Waals surface area contributed by atoms with Gasteiger partial charge in [-0.05, 0) is 63.1 Å². The van der Waals surface area contributed by atoms with Gasteiger partial charge in [0, 0.05) is 0 Å². The lowest BCUT2D eigenvalue weighted by molar-refractivity contribution is 1.43. The zero-order chi connectivity index (χ0) is 22.2. The first kappa shape index (κ1) is 21.8. The topological polar surface area (TPSA) is 0 Å². The number of rotatable bonds is 8. The van der Waals surface area contributed by atoms with E-state index in [0.717, 1.165) is 33.4 Å². The van der Waals surface area contributed by atoms with Crippen LogP contribution in [0, 0.1) is 6.92 Å². The monoisotopic (exact) mass is 400 g/mol. The Morgan fingerprint density at radius 3 is 2.00 bits per heavy atom. The standard InChI is InChI=1S/C31H28/c1-6-8-15-24(4)25(5)31(30(7-2)27-18-13-10-14-19-27)29-21-23(3)20-28(22-29)26-16-11-9-12-17-26/h6-22H,1-2,4-5H2,3H3/b15-8-,31-30-. The largest absolute Gasteiger partial charge is 0.0991 e. The molecule has 0 nitrogen and oxygen atoms in total. The molecule has 0 aromatic heterocycles. The fourth-order valence-corrected chi connectivity index (χ4v) is 3.64. The van der Waals surface area contributed by atoms with E-state index in [0.29, 0.717) is 0 Å². The van der Waals surface area contributed by atoms with Crippen LogP contribution in [-0.2, 0) is 0 Å². The van der Waals surface area contributed by atoms with Gasteiger partial charge in [-0.25, -0.2) is 0 Å². The van der Waals surface area contributed by atoms with Crippen LogP contribution in [0.4, 0.5) is 0 Å². The Kier molecular flexibility index (Phi) is 7.19. The Hall–Kier alpha value is -3.90. The van der Waals surface area contributed by atoms with E-state index in [9.17, 15) is 0 Å². The molecule has 0 spiro atoms. The first-order valence-corrected chi connectivity index (χ1v) is 10.3. The fraction of sp³-hybridized carbons (Fsp3) is 0.0323. The normalized spacial score (nSPS) is 11.6. The minimum Gasteiger partial charge on any atom is -0.0991 e. The van der Waals surface area contributed by atoms with Gasteiger partial charge in [-0.15, -0.1) is 0 Å². The summed E-state index contributed by atoms with van der Waals surface area (Å²) in [6.07, 6.45) is 7.47. The molecule has 0 amide bonds. The summed E-state index contributed by atoms with van der Waals surface area (Å²) < 4.78 is 0. The Bertz CT molecular complexity index is 1170. The predicted molar refractivity (Wildman–Crippen MR) is 138 cm³/mol. The molecule has 0 aliphatic heterocycles. The second-order valence-corrected chi connectivity index (χ2v) is 7.41. The molecule has 3 rings (SSSR count). The van der Waals surface area contributed by atoms with Gasteiger partial charge in [0.2, 0.25) is 0 Å². The summed E-state index contributed by atoms with van der Waals surface area (Å²) in [4.78, 5) is 0. The van der Waals surface area contributed by atoms with Crippen LogP contribution in [0.3, 0.4) is 0 Å². The van der Waals surface area contributed by atoms with Crippen LogP contribution in [0.1, 0.15) is 16.7 Å². The highest BCUT2D eigenvalue weighted by Crippen LogP contribution is 2.37. The van der Waals surface area contributed by atoms with Crippen molar-refractivity contribution in [2.75, 3.05) is 0 Å². The van der Waals surface area contributed by atoms with Gasteiger partial charge in [-0.1, -0.05) is 123 Å². The molecule has 0 atom stereocenters.